The molecule has 0 aromatic heterocycles. The minimum absolute atomic E-state index is 0.210. The van der Waals surface area contributed by atoms with E-state index in [4.69, 9.17) is 17.3 Å². The minimum atomic E-state index is 0.210. The van der Waals surface area contributed by atoms with Crippen molar-refractivity contribution in [2.75, 3.05) is 0 Å². The van der Waals surface area contributed by atoms with Crippen LogP contribution in [0.1, 0.15) is 39.7 Å². The SMILES string of the molecule is CCC(N)C(SCc1ccccc1Cl)C(C)(C)C. The Bertz CT molecular complexity index is 373. The summed E-state index contributed by atoms with van der Waals surface area (Å²) in [4.78, 5) is 0. The highest BCUT2D eigenvalue weighted by Gasteiger charge is 2.29. The largest absolute Gasteiger partial charge is 0.327 e. The van der Waals surface area contributed by atoms with E-state index in [9.17, 15) is 0 Å². The summed E-state index contributed by atoms with van der Waals surface area (Å²) < 4.78 is 0. The van der Waals surface area contributed by atoms with Crippen LogP contribution in [0.4, 0.5) is 0 Å². The van der Waals surface area contributed by atoms with E-state index in [1.165, 1.54) is 5.56 Å². The van der Waals surface area contributed by atoms with Gasteiger partial charge in [-0.2, -0.15) is 11.8 Å². The molecule has 1 rings (SSSR count). The predicted molar refractivity (Wildman–Crippen MR) is 84.3 cm³/mol. The van der Waals surface area contributed by atoms with Gasteiger partial charge in [0.2, 0.25) is 0 Å². The molecular formula is C15H24ClNS. The molecule has 0 saturated carbocycles. The summed E-state index contributed by atoms with van der Waals surface area (Å²) in [7, 11) is 0. The van der Waals surface area contributed by atoms with E-state index in [2.05, 4.69) is 33.8 Å². The first kappa shape index (κ1) is 15.9. The van der Waals surface area contributed by atoms with Crippen LogP contribution in [0.5, 0.6) is 0 Å². The third kappa shape index (κ3) is 4.49. The fourth-order valence-corrected chi connectivity index (χ4v) is 3.86. The van der Waals surface area contributed by atoms with E-state index in [1.54, 1.807) is 0 Å². The number of benzene rings is 1. The molecule has 1 aromatic rings. The Labute approximate surface area is 120 Å². The van der Waals surface area contributed by atoms with Crippen molar-refractivity contribution < 1.29 is 0 Å². The van der Waals surface area contributed by atoms with E-state index in [-0.39, 0.29) is 11.5 Å². The Balaban J connectivity index is 2.72. The summed E-state index contributed by atoms with van der Waals surface area (Å²) >= 11 is 8.11. The maximum atomic E-state index is 6.25. The second-order valence-corrected chi connectivity index (χ2v) is 7.30. The van der Waals surface area contributed by atoms with Crippen LogP contribution in [-0.2, 0) is 5.75 Å². The monoisotopic (exact) mass is 285 g/mol. The normalized spacial score (nSPS) is 15.4. The molecule has 1 aromatic carbocycles. The van der Waals surface area contributed by atoms with Crippen LogP contribution in [0, 0.1) is 5.41 Å². The summed E-state index contributed by atoms with van der Waals surface area (Å²) in [5.41, 5.74) is 7.66. The van der Waals surface area contributed by atoms with Gasteiger partial charge in [-0.25, -0.2) is 0 Å². The highest BCUT2D eigenvalue weighted by atomic mass is 35.5. The lowest BCUT2D eigenvalue weighted by molar-refractivity contribution is 0.350. The quantitative estimate of drug-likeness (QED) is 0.847. The summed E-state index contributed by atoms with van der Waals surface area (Å²) in [5, 5.41) is 1.29. The molecule has 0 aliphatic heterocycles. The smallest absolute Gasteiger partial charge is 0.0446 e. The van der Waals surface area contributed by atoms with Gasteiger partial charge in [-0.15, -0.1) is 0 Å². The van der Waals surface area contributed by atoms with Crippen LogP contribution in [0.2, 0.25) is 5.02 Å². The van der Waals surface area contributed by atoms with Gasteiger partial charge in [-0.1, -0.05) is 57.5 Å². The lowest BCUT2D eigenvalue weighted by Crippen LogP contribution is -2.40. The zero-order valence-corrected chi connectivity index (χ0v) is 13.3. The van der Waals surface area contributed by atoms with E-state index in [1.807, 2.05) is 30.0 Å². The first-order chi connectivity index (χ1) is 8.36. The van der Waals surface area contributed by atoms with E-state index < -0.39 is 0 Å². The number of thioether (sulfide) groups is 1. The molecule has 0 radical (unpaired) electrons. The maximum absolute atomic E-state index is 6.25. The zero-order chi connectivity index (χ0) is 13.8. The molecule has 102 valence electrons. The Morgan fingerprint density at radius 2 is 1.89 bits per heavy atom. The molecule has 2 unspecified atom stereocenters. The Morgan fingerprint density at radius 3 is 2.39 bits per heavy atom. The Kier molecular flexibility index (Phi) is 6.03. The lowest BCUT2D eigenvalue weighted by atomic mass is 9.87. The second-order valence-electron chi connectivity index (χ2n) is 5.76. The molecule has 3 heteroatoms. The zero-order valence-electron chi connectivity index (χ0n) is 11.7. The van der Waals surface area contributed by atoms with Crippen molar-refractivity contribution in [1.29, 1.82) is 0 Å². The van der Waals surface area contributed by atoms with Gasteiger partial charge in [0.05, 0.1) is 0 Å². The minimum Gasteiger partial charge on any atom is -0.327 e. The molecule has 0 fully saturated rings. The van der Waals surface area contributed by atoms with Crippen molar-refractivity contribution in [3.05, 3.63) is 34.9 Å². The lowest BCUT2D eigenvalue weighted by Gasteiger charge is -2.34. The van der Waals surface area contributed by atoms with Gasteiger partial charge in [-0.3, -0.25) is 0 Å². The van der Waals surface area contributed by atoms with E-state index in [0.29, 0.717) is 5.25 Å². The molecule has 0 spiro atoms. The topological polar surface area (TPSA) is 26.0 Å². The number of halogens is 1. The fourth-order valence-electron chi connectivity index (χ4n) is 2.02. The van der Waals surface area contributed by atoms with Gasteiger partial charge >= 0.3 is 0 Å². The molecule has 0 aliphatic carbocycles. The summed E-state index contributed by atoms with van der Waals surface area (Å²) in [6, 6.07) is 8.27. The maximum Gasteiger partial charge on any atom is 0.0446 e. The van der Waals surface area contributed by atoms with Crippen molar-refractivity contribution in [1.82, 2.24) is 0 Å². The number of hydrogen-bond acceptors (Lipinski definition) is 2. The summed E-state index contributed by atoms with van der Waals surface area (Å²) in [6.45, 7) is 8.92. The number of hydrogen-bond donors (Lipinski definition) is 1. The molecule has 0 amide bonds. The van der Waals surface area contributed by atoms with Gasteiger partial charge < -0.3 is 5.73 Å². The number of rotatable bonds is 5. The molecule has 0 saturated heterocycles. The standard InChI is InChI=1S/C15H24ClNS/c1-5-13(17)14(15(2,3)4)18-10-11-8-6-7-9-12(11)16/h6-9,13-14H,5,10,17H2,1-4H3. The summed E-state index contributed by atoms with van der Waals surface area (Å²) in [6.07, 6.45) is 1.01. The molecule has 0 aliphatic rings. The number of nitrogens with two attached hydrogens (primary N) is 1. The van der Waals surface area contributed by atoms with E-state index in [0.717, 1.165) is 17.2 Å². The first-order valence-corrected chi connectivity index (χ1v) is 7.89. The second kappa shape index (κ2) is 6.83. The first-order valence-electron chi connectivity index (χ1n) is 6.46. The Morgan fingerprint density at radius 1 is 1.28 bits per heavy atom. The molecule has 0 heterocycles. The van der Waals surface area contributed by atoms with Crippen molar-refractivity contribution in [3.8, 4) is 0 Å². The van der Waals surface area contributed by atoms with Gasteiger partial charge in [0.1, 0.15) is 0 Å². The van der Waals surface area contributed by atoms with Crippen molar-refractivity contribution >= 4 is 23.4 Å². The van der Waals surface area contributed by atoms with Crippen molar-refractivity contribution in [2.45, 2.75) is 51.2 Å². The van der Waals surface area contributed by atoms with Crippen LogP contribution in [0.3, 0.4) is 0 Å². The van der Waals surface area contributed by atoms with Crippen LogP contribution >= 0.6 is 23.4 Å². The highest BCUT2D eigenvalue weighted by molar-refractivity contribution is 7.99. The molecular weight excluding hydrogens is 262 g/mol. The molecule has 2 atom stereocenters. The highest BCUT2D eigenvalue weighted by Crippen LogP contribution is 2.36. The van der Waals surface area contributed by atoms with Crippen molar-refractivity contribution in [3.63, 3.8) is 0 Å². The average Bonchev–Trinajstić information content (AvgIpc) is 2.29. The van der Waals surface area contributed by atoms with Gasteiger partial charge in [0.25, 0.3) is 0 Å². The van der Waals surface area contributed by atoms with Crippen LogP contribution in [0.25, 0.3) is 0 Å². The molecule has 18 heavy (non-hydrogen) atoms. The van der Waals surface area contributed by atoms with Gasteiger partial charge in [0.15, 0.2) is 0 Å². The molecule has 0 bridgehead atoms. The third-order valence-electron chi connectivity index (χ3n) is 3.09. The third-order valence-corrected chi connectivity index (χ3v) is 5.35. The van der Waals surface area contributed by atoms with Crippen molar-refractivity contribution in [2.24, 2.45) is 11.1 Å². The Hall–Kier alpha value is -0.180. The molecule has 1 nitrogen and oxygen atoms in total. The van der Waals surface area contributed by atoms with Crippen LogP contribution < -0.4 is 5.73 Å². The van der Waals surface area contributed by atoms with Crippen LogP contribution in [0.15, 0.2) is 24.3 Å². The predicted octanol–water partition coefficient (Wildman–Crippen LogP) is 4.73. The van der Waals surface area contributed by atoms with Gasteiger partial charge in [0, 0.05) is 22.1 Å². The summed E-state index contributed by atoms with van der Waals surface area (Å²) in [5.74, 6) is 0.926. The van der Waals surface area contributed by atoms with Crippen LogP contribution in [-0.4, -0.2) is 11.3 Å². The fraction of sp³-hybridized carbons (Fsp3) is 0.600. The van der Waals surface area contributed by atoms with Gasteiger partial charge in [-0.05, 0) is 23.5 Å². The molecule has 2 N–H and O–H groups in total. The van der Waals surface area contributed by atoms with E-state index >= 15 is 0 Å². The average molecular weight is 286 g/mol.